The lowest BCUT2D eigenvalue weighted by Gasteiger charge is -2.29. The third kappa shape index (κ3) is 2.59. The van der Waals surface area contributed by atoms with Crippen LogP contribution in [0.5, 0.6) is 0 Å². The van der Waals surface area contributed by atoms with Gasteiger partial charge in [-0.15, -0.1) is 0 Å². The monoisotopic (exact) mass is 277 g/mol. The Morgan fingerprint density at radius 1 is 1.14 bits per heavy atom. The molecule has 3 rings (SSSR count). The molecule has 0 aliphatic carbocycles. The van der Waals surface area contributed by atoms with Crippen molar-refractivity contribution in [1.29, 1.82) is 5.26 Å². The number of para-hydroxylation sites is 2. The van der Waals surface area contributed by atoms with Crippen LogP contribution in [0, 0.1) is 11.3 Å². The van der Waals surface area contributed by atoms with E-state index in [1.165, 1.54) is 5.56 Å². The van der Waals surface area contributed by atoms with Gasteiger partial charge in [0.05, 0.1) is 11.3 Å². The van der Waals surface area contributed by atoms with Gasteiger partial charge in [-0.3, -0.25) is 4.90 Å². The Morgan fingerprint density at radius 2 is 1.90 bits per heavy atom. The van der Waals surface area contributed by atoms with E-state index < -0.39 is 0 Å². The second-order valence-electron chi connectivity index (χ2n) is 4.97. The maximum atomic E-state index is 12.5. The molecule has 4 nitrogen and oxygen atoms in total. The van der Waals surface area contributed by atoms with Gasteiger partial charge < -0.3 is 5.32 Å². The van der Waals surface area contributed by atoms with Crippen molar-refractivity contribution in [2.24, 2.45) is 0 Å². The SMILES string of the molecule is N#Cc1ccccc1NC(=O)N1CCCc2ccccc21. The normalized spacial score (nSPS) is 13.2. The highest BCUT2D eigenvalue weighted by Gasteiger charge is 2.22. The van der Waals surface area contributed by atoms with Crippen molar-refractivity contribution in [3.8, 4) is 6.07 Å². The third-order valence-electron chi connectivity index (χ3n) is 3.64. The van der Waals surface area contributed by atoms with Crippen LogP contribution in [-0.2, 0) is 6.42 Å². The van der Waals surface area contributed by atoms with Crippen LogP contribution in [0.2, 0.25) is 0 Å². The Labute approximate surface area is 123 Å². The summed E-state index contributed by atoms with van der Waals surface area (Å²) < 4.78 is 0. The quantitative estimate of drug-likeness (QED) is 0.866. The highest BCUT2D eigenvalue weighted by atomic mass is 16.2. The van der Waals surface area contributed by atoms with Crippen molar-refractivity contribution < 1.29 is 4.79 Å². The molecule has 0 saturated carbocycles. The lowest BCUT2D eigenvalue weighted by atomic mass is 10.0. The minimum absolute atomic E-state index is 0.190. The summed E-state index contributed by atoms with van der Waals surface area (Å²) in [6, 6.07) is 16.9. The molecule has 0 radical (unpaired) electrons. The maximum Gasteiger partial charge on any atom is 0.326 e. The van der Waals surface area contributed by atoms with Gasteiger partial charge in [0.1, 0.15) is 6.07 Å². The summed E-state index contributed by atoms with van der Waals surface area (Å²) in [4.78, 5) is 14.2. The zero-order valence-corrected chi connectivity index (χ0v) is 11.5. The summed E-state index contributed by atoms with van der Waals surface area (Å²) in [5, 5.41) is 11.9. The van der Waals surface area contributed by atoms with Gasteiger partial charge in [-0.05, 0) is 36.6 Å². The Bertz CT molecular complexity index is 718. The molecule has 1 aliphatic heterocycles. The fourth-order valence-electron chi connectivity index (χ4n) is 2.62. The first-order chi connectivity index (χ1) is 10.3. The van der Waals surface area contributed by atoms with Gasteiger partial charge in [0.2, 0.25) is 0 Å². The molecule has 0 unspecified atom stereocenters. The fraction of sp³-hybridized carbons (Fsp3) is 0.176. The van der Waals surface area contributed by atoms with E-state index >= 15 is 0 Å². The van der Waals surface area contributed by atoms with Crippen molar-refractivity contribution in [2.75, 3.05) is 16.8 Å². The first-order valence-electron chi connectivity index (χ1n) is 6.95. The van der Waals surface area contributed by atoms with E-state index in [2.05, 4.69) is 17.5 Å². The number of anilines is 2. The van der Waals surface area contributed by atoms with Crippen molar-refractivity contribution in [3.63, 3.8) is 0 Å². The Balaban J connectivity index is 1.86. The van der Waals surface area contributed by atoms with Crippen LogP contribution >= 0.6 is 0 Å². The molecule has 0 bridgehead atoms. The van der Waals surface area contributed by atoms with Crippen LogP contribution in [0.3, 0.4) is 0 Å². The molecule has 0 atom stereocenters. The summed E-state index contributed by atoms with van der Waals surface area (Å²) in [5.74, 6) is 0. The van der Waals surface area contributed by atoms with Crippen molar-refractivity contribution >= 4 is 17.4 Å². The van der Waals surface area contributed by atoms with Crippen molar-refractivity contribution in [3.05, 3.63) is 59.7 Å². The fourth-order valence-corrected chi connectivity index (χ4v) is 2.62. The molecule has 0 aromatic heterocycles. The first kappa shape index (κ1) is 13.2. The average Bonchev–Trinajstić information content (AvgIpc) is 2.54. The molecule has 4 heteroatoms. The minimum Gasteiger partial charge on any atom is -0.306 e. The molecule has 0 spiro atoms. The number of hydrogen-bond donors (Lipinski definition) is 1. The molecule has 1 heterocycles. The largest absolute Gasteiger partial charge is 0.326 e. The molecule has 0 saturated heterocycles. The predicted octanol–water partition coefficient (Wildman–Crippen LogP) is 3.54. The van der Waals surface area contributed by atoms with Crippen LogP contribution < -0.4 is 10.2 Å². The molecule has 1 N–H and O–H groups in total. The number of hydrogen-bond acceptors (Lipinski definition) is 2. The number of nitrogens with one attached hydrogen (secondary N) is 1. The van der Waals surface area contributed by atoms with Crippen LogP contribution in [-0.4, -0.2) is 12.6 Å². The number of fused-ring (bicyclic) bond motifs is 1. The molecular weight excluding hydrogens is 262 g/mol. The van der Waals surface area contributed by atoms with Crippen LogP contribution in [0.25, 0.3) is 0 Å². The van der Waals surface area contributed by atoms with E-state index in [0.29, 0.717) is 17.8 Å². The van der Waals surface area contributed by atoms with Crippen LogP contribution in [0.15, 0.2) is 48.5 Å². The van der Waals surface area contributed by atoms with Crippen LogP contribution in [0.4, 0.5) is 16.2 Å². The van der Waals surface area contributed by atoms with E-state index in [-0.39, 0.29) is 6.03 Å². The van der Waals surface area contributed by atoms with Gasteiger partial charge in [-0.25, -0.2) is 4.79 Å². The van der Waals surface area contributed by atoms with Gasteiger partial charge in [0.15, 0.2) is 0 Å². The Kier molecular flexibility index (Phi) is 3.57. The molecule has 0 fully saturated rings. The number of carbonyl (C=O) groups is 1. The van der Waals surface area contributed by atoms with Crippen molar-refractivity contribution in [2.45, 2.75) is 12.8 Å². The molecule has 104 valence electrons. The van der Waals surface area contributed by atoms with E-state index in [0.717, 1.165) is 18.5 Å². The highest BCUT2D eigenvalue weighted by Crippen LogP contribution is 2.27. The summed E-state index contributed by atoms with van der Waals surface area (Å²) >= 11 is 0. The highest BCUT2D eigenvalue weighted by molar-refractivity contribution is 6.03. The second kappa shape index (κ2) is 5.68. The molecule has 1 aliphatic rings. The average molecular weight is 277 g/mol. The van der Waals surface area contributed by atoms with Gasteiger partial charge in [-0.2, -0.15) is 5.26 Å². The lowest BCUT2D eigenvalue weighted by Crippen LogP contribution is -2.38. The third-order valence-corrected chi connectivity index (χ3v) is 3.64. The number of urea groups is 1. The molecule has 2 aromatic carbocycles. The molecule has 2 amide bonds. The van der Waals surface area contributed by atoms with Gasteiger partial charge in [0.25, 0.3) is 0 Å². The Morgan fingerprint density at radius 3 is 2.76 bits per heavy atom. The van der Waals surface area contributed by atoms with E-state index in [1.54, 1.807) is 29.2 Å². The number of aryl methyl sites for hydroxylation is 1. The van der Waals surface area contributed by atoms with E-state index in [9.17, 15) is 4.79 Å². The molecule has 21 heavy (non-hydrogen) atoms. The van der Waals surface area contributed by atoms with Gasteiger partial charge >= 0.3 is 6.03 Å². The molecular formula is C17H15N3O. The summed E-state index contributed by atoms with van der Waals surface area (Å²) in [7, 11) is 0. The number of carbonyl (C=O) groups excluding carboxylic acids is 1. The number of amides is 2. The van der Waals surface area contributed by atoms with Gasteiger partial charge in [0, 0.05) is 12.2 Å². The number of rotatable bonds is 1. The van der Waals surface area contributed by atoms with Crippen LogP contribution in [0.1, 0.15) is 17.5 Å². The summed E-state index contributed by atoms with van der Waals surface area (Å²) in [6.07, 6.45) is 1.94. The topological polar surface area (TPSA) is 56.1 Å². The molecule has 2 aromatic rings. The minimum atomic E-state index is -0.190. The second-order valence-corrected chi connectivity index (χ2v) is 4.97. The zero-order valence-electron chi connectivity index (χ0n) is 11.5. The number of benzene rings is 2. The Hall–Kier alpha value is -2.80. The van der Waals surface area contributed by atoms with E-state index in [4.69, 9.17) is 5.26 Å². The first-order valence-corrected chi connectivity index (χ1v) is 6.95. The summed E-state index contributed by atoms with van der Waals surface area (Å²) in [5.41, 5.74) is 3.16. The van der Waals surface area contributed by atoms with Gasteiger partial charge in [-0.1, -0.05) is 30.3 Å². The lowest BCUT2D eigenvalue weighted by molar-refractivity contribution is 0.256. The van der Waals surface area contributed by atoms with E-state index in [1.807, 2.05) is 18.2 Å². The predicted molar refractivity (Wildman–Crippen MR) is 82.3 cm³/mol. The maximum absolute atomic E-state index is 12.5. The number of nitriles is 1. The standard InChI is InChI=1S/C17H15N3O/c18-12-14-7-1-3-9-15(14)19-17(21)20-11-5-8-13-6-2-4-10-16(13)20/h1-4,6-7,9-10H,5,8,11H2,(H,19,21). The van der Waals surface area contributed by atoms with Crippen molar-refractivity contribution in [1.82, 2.24) is 0 Å². The zero-order chi connectivity index (χ0) is 14.7. The number of nitrogens with zero attached hydrogens (tertiary/aromatic N) is 2. The summed E-state index contributed by atoms with van der Waals surface area (Å²) in [6.45, 7) is 0.692. The smallest absolute Gasteiger partial charge is 0.306 e.